The molecule has 2 N–H and O–H groups in total. The lowest BCUT2D eigenvalue weighted by Gasteiger charge is -2.32. The molecule has 0 aliphatic carbocycles. The van der Waals surface area contributed by atoms with Crippen molar-refractivity contribution in [3.63, 3.8) is 0 Å². The SMILES string of the molecule is C[C@H]1CN(c2cccc(-c3cnc(C=CC(=N)N4CCCC4c4cccc(F)c4)[nH]3)n2)CCO1. The summed E-state index contributed by atoms with van der Waals surface area (Å²) in [7, 11) is 0. The maximum Gasteiger partial charge on any atom is 0.130 e. The molecule has 2 aliphatic rings. The molecule has 2 saturated heterocycles. The zero-order valence-electron chi connectivity index (χ0n) is 19.2. The fourth-order valence-corrected chi connectivity index (χ4v) is 4.70. The predicted octanol–water partition coefficient (Wildman–Crippen LogP) is 4.66. The number of aromatic nitrogens is 3. The summed E-state index contributed by atoms with van der Waals surface area (Å²) in [6.45, 7) is 5.21. The number of nitrogens with zero attached hydrogens (tertiary/aromatic N) is 4. The molecule has 2 atom stereocenters. The number of hydrogen-bond donors (Lipinski definition) is 2. The van der Waals surface area contributed by atoms with E-state index in [9.17, 15) is 4.39 Å². The molecule has 34 heavy (non-hydrogen) atoms. The van der Waals surface area contributed by atoms with Crippen molar-refractivity contribution in [2.45, 2.75) is 31.9 Å². The van der Waals surface area contributed by atoms with E-state index in [0.717, 1.165) is 55.2 Å². The molecule has 1 aromatic carbocycles. The van der Waals surface area contributed by atoms with Gasteiger partial charge in [-0.2, -0.15) is 0 Å². The normalized spacial score (nSPS) is 20.9. The van der Waals surface area contributed by atoms with Crippen LogP contribution in [0.4, 0.5) is 10.2 Å². The van der Waals surface area contributed by atoms with E-state index in [4.69, 9.17) is 15.1 Å². The third-order valence-electron chi connectivity index (χ3n) is 6.37. The number of aromatic amines is 1. The summed E-state index contributed by atoms with van der Waals surface area (Å²) in [4.78, 5) is 16.8. The van der Waals surface area contributed by atoms with Crippen LogP contribution in [0.1, 0.15) is 37.2 Å². The Morgan fingerprint density at radius 3 is 2.97 bits per heavy atom. The van der Waals surface area contributed by atoms with Crippen molar-refractivity contribution in [3.8, 4) is 11.4 Å². The average molecular weight is 461 g/mol. The Kier molecular flexibility index (Phi) is 6.40. The number of likely N-dealkylation sites (tertiary alicyclic amines) is 1. The van der Waals surface area contributed by atoms with Crippen LogP contribution in [0.5, 0.6) is 0 Å². The molecule has 3 aromatic rings. The van der Waals surface area contributed by atoms with Crippen LogP contribution in [-0.4, -0.2) is 58.0 Å². The zero-order valence-corrected chi connectivity index (χ0v) is 19.2. The number of H-pyrrole nitrogens is 1. The number of imidazole rings is 1. The summed E-state index contributed by atoms with van der Waals surface area (Å²) in [5, 5.41) is 8.57. The van der Waals surface area contributed by atoms with E-state index in [1.807, 2.05) is 29.2 Å². The fourth-order valence-electron chi connectivity index (χ4n) is 4.70. The molecular formula is C26H29FN6O. The van der Waals surface area contributed by atoms with Crippen molar-refractivity contribution >= 4 is 17.7 Å². The summed E-state index contributed by atoms with van der Waals surface area (Å²) < 4.78 is 19.3. The van der Waals surface area contributed by atoms with E-state index in [1.54, 1.807) is 30.5 Å². The fraction of sp³-hybridized carbons (Fsp3) is 0.346. The molecule has 0 radical (unpaired) electrons. The summed E-state index contributed by atoms with van der Waals surface area (Å²) in [6, 6.07) is 12.7. The molecule has 2 aromatic heterocycles. The van der Waals surface area contributed by atoms with Gasteiger partial charge in [-0.05, 0) is 61.7 Å². The van der Waals surface area contributed by atoms with Crippen molar-refractivity contribution in [2.75, 3.05) is 31.1 Å². The Morgan fingerprint density at radius 1 is 1.24 bits per heavy atom. The molecule has 0 saturated carbocycles. The van der Waals surface area contributed by atoms with Gasteiger partial charge in [-0.3, -0.25) is 5.41 Å². The lowest BCUT2D eigenvalue weighted by atomic mass is 10.0. The van der Waals surface area contributed by atoms with Crippen LogP contribution in [0, 0.1) is 11.2 Å². The van der Waals surface area contributed by atoms with Crippen molar-refractivity contribution < 1.29 is 9.13 Å². The summed E-state index contributed by atoms with van der Waals surface area (Å²) in [5.41, 5.74) is 2.56. The van der Waals surface area contributed by atoms with Gasteiger partial charge in [0.15, 0.2) is 0 Å². The molecule has 1 unspecified atom stereocenters. The van der Waals surface area contributed by atoms with Crippen molar-refractivity contribution in [2.24, 2.45) is 0 Å². The lowest BCUT2D eigenvalue weighted by Crippen LogP contribution is -2.41. The highest BCUT2D eigenvalue weighted by molar-refractivity contribution is 5.94. The number of rotatable bonds is 5. The minimum atomic E-state index is -0.240. The number of morpholine rings is 1. The van der Waals surface area contributed by atoms with E-state index >= 15 is 0 Å². The molecule has 4 heterocycles. The van der Waals surface area contributed by atoms with Crippen LogP contribution in [0.2, 0.25) is 0 Å². The molecule has 2 fully saturated rings. The van der Waals surface area contributed by atoms with Crippen LogP contribution in [-0.2, 0) is 4.74 Å². The van der Waals surface area contributed by atoms with Crippen LogP contribution < -0.4 is 4.90 Å². The molecule has 8 heteroatoms. The van der Waals surface area contributed by atoms with Gasteiger partial charge >= 0.3 is 0 Å². The highest BCUT2D eigenvalue weighted by atomic mass is 19.1. The molecule has 2 aliphatic heterocycles. The van der Waals surface area contributed by atoms with Gasteiger partial charge in [0.1, 0.15) is 23.3 Å². The first-order valence-electron chi connectivity index (χ1n) is 11.7. The Labute approximate surface area is 198 Å². The van der Waals surface area contributed by atoms with E-state index in [-0.39, 0.29) is 18.0 Å². The van der Waals surface area contributed by atoms with E-state index in [1.165, 1.54) is 6.07 Å². The van der Waals surface area contributed by atoms with Gasteiger partial charge < -0.3 is 19.5 Å². The molecule has 0 amide bonds. The van der Waals surface area contributed by atoms with Gasteiger partial charge in [0, 0.05) is 19.6 Å². The minimum absolute atomic E-state index is 0.0230. The molecule has 5 rings (SSSR count). The number of benzene rings is 1. The largest absolute Gasteiger partial charge is 0.375 e. The average Bonchev–Trinajstić information content (AvgIpc) is 3.53. The van der Waals surface area contributed by atoms with E-state index in [0.29, 0.717) is 18.3 Å². The second-order valence-electron chi connectivity index (χ2n) is 8.82. The third kappa shape index (κ3) is 4.87. The van der Waals surface area contributed by atoms with Crippen LogP contribution >= 0.6 is 0 Å². The summed E-state index contributed by atoms with van der Waals surface area (Å²) >= 11 is 0. The third-order valence-corrected chi connectivity index (χ3v) is 6.37. The summed E-state index contributed by atoms with van der Waals surface area (Å²) in [5.74, 6) is 1.74. The van der Waals surface area contributed by atoms with Gasteiger partial charge in [0.25, 0.3) is 0 Å². The van der Waals surface area contributed by atoms with E-state index in [2.05, 4.69) is 21.8 Å². The van der Waals surface area contributed by atoms with Gasteiger partial charge in [0.2, 0.25) is 0 Å². The Bertz CT molecular complexity index is 1190. The second-order valence-corrected chi connectivity index (χ2v) is 8.82. The molecule has 0 bridgehead atoms. The Morgan fingerprint density at radius 2 is 2.12 bits per heavy atom. The Balaban J connectivity index is 1.27. The smallest absolute Gasteiger partial charge is 0.130 e. The van der Waals surface area contributed by atoms with Crippen LogP contribution in [0.3, 0.4) is 0 Å². The molecule has 7 nitrogen and oxygen atoms in total. The van der Waals surface area contributed by atoms with Crippen LogP contribution in [0.25, 0.3) is 17.5 Å². The maximum absolute atomic E-state index is 13.7. The first-order valence-corrected chi connectivity index (χ1v) is 11.7. The number of hydrogen-bond acceptors (Lipinski definition) is 5. The van der Waals surface area contributed by atoms with Crippen LogP contribution in [0.15, 0.2) is 54.7 Å². The number of amidine groups is 1. The standard InChI is InChI=1S/C26H29FN6O/c1-18-17-32(13-14-34-18)26-9-3-7-21(31-26)22-16-29-25(30-22)11-10-24(28)33-12-4-8-23(33)19-5-2-6-20(27)15-19/h2-3,5-7,9-11,15-16,18,23,28H,4,8,12-14,17H2,1H3,(H,29,30)/t18-,23?/m0/s1. The highest BCUT2D eigenvalue weighted by Gasteiger charge is 2.27. The first kappa shape index (κ1) is 22.3. The van der Waals surface area contributed by atoms with E-state index < -0.39 is 0 Å². The monoisotopic (exact) mass is 460 g/mol. The quantitative estimate of drug-likeness (QED) is 0.427. The van der Waals surface area contributed by atoms with Gasteiger partial charge in [-0.25, -0.2) is 14.4 Å². The Hall–Kier alpha value is -3.52. The second kappa shape index (κ2) is 9.77. The lowest BCUT2D eigenvalue weighted by molar-refractivity contribution is 0.0529. The van der Waals surface area contributed by atoms with Crippen molar-refractivity contribution in [1.29, 1.82) is 5.41 Å². The van der Waals surface area contributed by atoms with Gasteiger partial charge in [0.05, 0.1) is 36.3 Å². The van der Waals surface area contributed by atoms with Gasteiger partial charge in [-0.1, -0.05) is 18.2 Å². The number of ether oxygens (including phenoxy) is 1. The molecule has 0 spiro atoms. The predicted molar refractivity (Wildman–Crippen MR) is 131 cm³/mol. The zero-order chi connectivity index (χ0) is 23.5. The number of pyridine rings is 1. The highest BCUT2D eigenvalue weighted by Crippen LogP contribution is 2.32. The van der Waals surface area contributed by atoms with Gasteiger partial charge in [-0.15, -0.1) is 0 Å². The minimum Gasteiger partial charge on any atom is -0.375 e. The first-order chi connectivity index (χ1) is 16.6. The summed E-state index contributed by atoms with van der Waals surface area (Å²) in [6.07, 6.45) is 7.40. The molecule has 176 valence electrons. The molecular weight excluding hydrogens is 431 g/mol. The number of anilines is 1. The topological polar surface area (TPSA) is 81.1 Å². The number of nitrogens with one attached hydrogen (secondary N) is 2. The number of halogens is 1. The maximum atomic E-state index is 13.7. The van der Waals surface area contributed by atoms with Crippen molar-refractivity contribution in [1.82, 2.24) is 19.9 Å². The van der Waals surface area contributed by atoms with Crippen molar-refractivity contribution in [3.05, 3.63) is 71.9 Å².